The van der Waals surface area contributed by atoms with Crippen LogP contribution in [0.5, 0.6) is 0 Å². The van der Waals surface area contributed by atoms with Crippen molar-refractivity contribution in [2.24, 2.45) is 0 Å². The molecule has 0 radical (unpaired) electrons. The SMILES string of the molecule is CC.CC.O=C(O)c1cccc2ccccc12. The second kappa shape index (κ2) is 8.34. The van der Waals surface area contributed by atoms with Crippen molar-refractivity contribution in [1.82, 2.24) is 0 Å². The van der Waals surface area contributed by atoms with E-state index in [4.69, 9.17) is 5.11 Å². The Hall–Kier alpha value is -1.83. The van der Waals surface area contributed by atoms with Crippen molar-refractivity contribution in [1.29, 1.82) is 0 Å². The largest absolute Gasteiger partial charge is 0.478 e. The van der Waals surface area contributed by atoms with E-state index in [1.165, 1.54) is 0 Å². The molecule has 2 nitrogen and oxygen atoms in total. The third-order valence-corrected chi connectivity index (χ3v) is 2.02. The van der Waals surface area contributed by atoms with Gasteiger partial charge in [-0.15, -0.1) is 0 Å². The van der Waals surface area contributed by atoms with E-state index >= 15 is 0 Å². The zero-order chi connectivity index (χ0) is 13.3. The molecule has 0 aliphatic carbocycles. The number of hydrogen-bond acceptors (Lipinski definition) is 1. The van der Waals surface area contributed by atoms with Gasteiger partial charge in [-0.25, -0.2) is 4.79 Å². The van der Waals surface area contributed by atoms with Crippen LogP contribution in [0.25, 0.3) is 10.8 Å². The number of carbonyl (C=O) groups is 1. The third kappa shape index (κ3) is 3.91. The van der Waals surface area contributed by atoms with Crippen LogP contribution in [-0.4, -0.2) is 11.1 Å². The van der Waals surface area contributed by atoms with Gasteiger partial charge in [0, 0.05) is 0 Å². The third-order valence-electron chi connectivity index (χ3n) is 2.02. The number of hydrogen-bond donors (Lipinski definition) is 1. The van der Waals surface area contributed by atoms with Gasteiger partial charge in [0.15, 0.2) is 0 Å². The van der Waals surface area contributed by atoms with Gasteiger partial charge >= 0.3 is 5.97 Å². The number of fused-ring (bicyclic) bond motifs is 1. The van der Waals surface area contributed by atoms with Crippen LogP contribution in [0.3, 0.4) is 0 Å². The molecule has 0 bridgehead atoms. The molecule has 2 rings (SSSR count). The van der Waals surface area contributed by atoms with Crippen LogP contribution >= 0.6 is 0 Å². The van der Waals surface area contributed by atoms with Gasteiger partial charge in [0.2, 0.25) is 0 Å². The summed E-state index contributed by atoms with van der Waals surface area (Å²) in [5, 5.41) is 10.6. The van der Waals surface area contributed by atoms with Crippen LogP contribution in [0.15, 0.2) is 42.5 Å². The van der Waals surface area contributed by atoms with Crippen molar-refractivity contribution in [2.75, 3.05) is 0 Å². The van der Waals surface area contributed by atoms with Gasteiger partial charge in [-0.05, 0) is 16.8 Å². The molecule has 0 spiro atoms. The summed E-state index contributed by atoms with van der Waals surface area (Å²) in [6.45, 7) is 8.00. The molecule has 2 aromatic carbocycles. The molecule has 0 saturated carbocycles. The van der Waals surface area contributed by atoms with Crippen molar-refractivity contribution < 1.29 is 9.90 Å². The minimum atomic E-state index is -0.878. The molecule has 0 heterocycles. The van der Waals surface area contributed by atoms with Crippen LogP contribution in [-0.2, 0) is 0 Å². The predicted molar refractivity (Wildman–Crippen MR) is 73.6 cm³/mol. The zero-order valence-electron chi connectivity index (χ0n) is 10.9. The smallest absolute Gasteiger partial charge is 0.336 e. The summed E-state index contributed by atoms with van der Waals surface area (Å²) in [5.74, 6) is -0.878. The maximum absolute atomic E-state index is 10.8. The number of benzene rings is 2. The lowest BCUT2D eigenvalue weighted by Gasteiger charge is -2.00. The Bertz CT molecular complexity index is 456. The van der Waals surface area contributed by atoms with Crippen molar-refractivity contribution in [2.45, 2.75) is 27.7 Å². The summed E-state index contributed by atoms with van der Waals surface area (Å²) in [5.41, 5.74) is 0.359. The number of carboxylic acids is 1. The monoisotopic (exact) mass is 232 g/mol. The van der Waals surface area contributed by atoms with E-state index in [-0.39, 0.29) is 0 Å². The Morgan fingerprint density at radius 1 is 0.882 bits per heavy atom. The Morgan fingerprint density at radius 3 is 2.00 bits per heavy atom. The van der Waals surface area contributed by atoms with Crippen molar-refractivity contribution in [3.05, 3.63) is 48.0 Å². The Kier molecular flexibility index (Phi) is 7.44. The molecular weight excluding hydrogens is 212 g/mol. The molecular formula is C15H20O2. The molecule has 92 valence electrons. The van der Waals surface area contributed by atoms with Crippen molar-refractivity contribution in [3.8, 4) is 0 Å². The molecule has 2 aromatic rings. The van der Waals surface area contributed by atoms with Crippen LogP contribution in [0, 0.1) is 0 Å². The van der Waals surface area contributed by atoms with E-state index in [0.29, 0.717) is 5.56 Å². The molecule has 0 saturated heterocycles. The number of aromatic carboxylic acids is 1. The second-order valence-corrected chi connectivity index (χ2v) is 2.83. The molecule has 0 atom stereocenters. The molecule has 0 unspecified atom stereocenters. The predicted octanol–water partition coefficient (Wildman–Crippen LogP) is 4.59. The van der Waals surface area contributed by atoms with Gasteiger partial charge in [0.1, 0.15) is 0 Å². The average molecular weight is 232 g/mol. The molecule has 1 N–H and O–H groups in total. The first-order valence-electron chi connectivity index (χ1n) is 6.00. The van der Waals surface area contributed by atoms with E-state index in [9.17, 15) is 4.79 Å². The van der Waals surface area contributed by atoms with Crippen LogP contribution in [0.4, 0.5) is 0 Å². The summed E-state index contributed by atoms with van der Waals surface area (Å²) < 4.78 is 0. The summed E-state index contributed by atoms with van der Waals surface area (Å²) in [7, 11) is 0. The molecule has 0 amide bonds. The summed E-state index contributed by atoms with van der Waals surface area (Å²) in [4.78, 5) is 10.8. The van der Waals surface area contributed by atoms with Gasteiger partial charge in [-0.2, -0.15) is 0 Å². The zero-order valence-corrected chi connectivity index (χ0v) is 10.9. The standard InChI is InChI=1S/C11H8O2.2C2H6/c12-11(13)10-7-3-5-8-4-1-2-6-9(8)10;2*1-2/h1-7H,(H,12,13);2*1-2H3. The molecule has 0 aliphatic rings. The fourth-order valence-corrected chi connectivity index (χ4v) is 1.41. The van der Waals surface area contributed by atoms with Crippen molar-refractivity contribution in [3.63, 3.8) is 0 Å². The number of carboxylic acid groups (broad SMARTS) is 1. The minimum absolute atomic E-state index is 0.359. The second-order valence-electron chi connectivity index (χ2n) is 2.83. The lowest BCUT2D eigenvalue weighted by Crippen LogP contribution is -1.96. The highest BCUT2D eigenvalue weighted by molar-refractivity contribution is 6.03. The molecule has 2 heteroatoms. The lowest BCUT2D eigenvalue weighted by molar-refractivity contribution is 0.0699. The van der Waals surface area contributed by atoms with E-state index < -0.39 is 5.97 Å². The summed E-state index contributed by atoms with van der Waals surface area (Å²) in [6.07, 6.45) is 0. The van der Waals surface area contributed by atoms with E-state index in [1.807, 2.05) is 58.0 Å². The van der Waals surface area contributed by atoms with Gasteiger partial charge in [-0.3, -0.25) is 0 Å². The first kappa shape index (κ1) is 15.2. The quantitative estimate of drug-likeness (QED) is 0.780. The first-order chi connectivity index (χ1) is 8.29. The van der Waals surface area contributed by atoms with E-state index in [0.717, 1.165) is 10.8 Å². The van der Waals surface area contributed by atoms with Gasteiger partial charge in [-0.1, -0.05) is 64.1 Å². The maximum Gasteiger partial charge on any atom is 0.336 e. The molecule has 0 aliphatic heterocycles. The Labute approximate surface area is 103 Å². The highest BCUT2D eigenvalue weighted by Gasteiger charge is 2.05. The summed E-state index contributed by atoms with van der Waals surface area (Å²) in [6, 6.07) is 12.7. The van der Waals surface area contributed by atoms with Crippen LogP contribution in [0.2, 0.25) is 0 Å². The van der Waals surface area contributed by atoms with Gasteiger partial charge < -0.3 is 5.11 Å². The van der Waals surface area contributed by atoms with Gasteiger partial charge in [0.25, 0.3) is 0 Å². The average Bonchev–Trinajstić information content (AvgIpc) is 2.42. The van der Waals surface area contributed by atoms with Crippen LogP contribution < -0.4 is 0 Å². The minimum Gasteiger partial charge on any atom is -0.478 e. The van der Waals surface area contributed by atoms with E-state index in [2.05, 4.69) is 0 Å². The first-order valence-corrected chi connectivity index (χ1v) is 6.00. The Balaban J connectivity index is 0.000000581. The van der Waals surface area contributed by atoms with Gasteiger partial charge in [0.05, 0.1) is 5.56 Å². The molecule has 0 aromatic heterocycles. The number of rotatable bonds is 1. The van der Waals surface area contributed by atoms with Crippen molar-refractivity contribution >= 4 is 16.7 Å². The molecule has 17 heavy (non-hydrogen) atoms. The molecule has 0 fully saturated rings. The summed E-state index contributed by atoms with van der Waals surface area (Å²) >= 11 is 0. The fourth-order valence-electron chi connectivity index (χ4n) is 1.41. The maximum atomic E-state index is 10.8. The highest BCUT2D eigenvalue weighted by Crippen LogP contribution is 2.17. The topological polar surface area (TPSA) is 37.3 Å². The normalized spacial score (nSPS) is 8.47. The Morgan fingerprint density at radius 2 is 1.41 bits per heavy atom. The van der Waals surface area contributed by atoms with Crippen LogP contribution in [0.1, 0.15) is 38.1 Å². The lowest BCUT2D eigenvalue weighted by atomic mass is 10.1. The fraction of sp³-hybridized carbons (Fsp3) is 0.267. The van der Waals surface area contributed by atoms with E-state index in [1.54, 1.807) is 12.1 Å². The highest BCUT2D eigenvalue weighted by atomic mass is 16.4.